The molecule has 4 heterocycles. The van der Waals surface area contributed by atoms with Gasteiger partial charge in [-0.3, -0.25) is 14.4 Å². The summed E-state index contributed by atoms with van der Waals surface area (Å²) in [5, 5.41) is 14.3. The van der Waals surface area contributed by atoms with Gasteiger partial charge >= 0.3 is 0 Å². The second kappa shape index (κ2) is 11.8. The van der Waals surface area contributed by atoms with Crippen LogP contribution in [0.25, 0.3) is 11.1 Å². The summed E-state index contributed by atoms with van der Waals surface area (Å²) in [7, 11) is 0. The average Bonchev–Trinajstić information content (AvgIpc) is 3.29. The second-order valence-corrected chi connectivity index (χ2v) is 13.9. The van der Waals surface area contributed by atoms with E-state index in [1.165, 1.54) is 12.3 Å². The lowest BCUT2D eigenvalue weighted by Gasteiger charge is -2.58. The predicted octanol–water partition coefficient (Wildman–Crippen LogP) is 4.46. The van der Waals surface area contributed by atoms with Crippen molar-refractivity contribution in [3.8, 4) is 11.1 Å². The molecule has 10 nitrogen and oxygen atoms in total. The van der Waals surface area contributed by atoms with E-state index in [0.29, 0.717) is 36.1 Å². The largest absolute Gasteiger partial charge is 0.398 e. The first-order valence-corrected chi connectivity index (χ1v) is 16.2. The number of nitrogens with zero attached hydrogens (tertiary/aromatic N) is 5. The molecule has 1 aromatic carbocycles. The van der Waals surface area contributed by atoms with Gasteiger partial charge in [-0.2, -0.15) is 5.10 Å². The highest BCUT2D eigenvalue weighted by Crippen LogP contribution is 2.55. The van der Waals surface area contributed by atoms with E-state index in [1.807, 2.05) is 17.9 Å². The maximum atomic E-state index is 12.1. The van der Waals surface area contributed by atoms with Crippen molar-refractivity contribution in [1.29, 1.82) is 5.41 Å². The number of carbonyl (C=O) groups is 1. The molecule has 1 amide bonds. The van der Waals surface area contributed by atoms with E-state index in [1.54, 1.807) is 0 Å². The Bertz CT molecular complexity index is 1450. The van der Waals surface area contributed by atoms with Crippen molar-refractivity contribution in [3.63, 3.8) is 0 Å². The topological polar surface area (TPSA) is 113 Å². The van der Waals surface area contributed by atoms with E-state index in [9.17, 15) is 4.79 Å². The summed E-state index contributed by atoms with van der Waals surface area (Å²) in [6.45, 7) is 19.2. The van der Waals surface area contributed by atoms with Gasteiger partial charge in [0.05, 0.1) is 42.5 Å². The molecule has 11 heteroatoms. The number of aryl methyl sites for hydroxylation is 1. The van der Waals surface area contributed by atoms with Crippen LogP contribution in [-0.4, -0.2) is 102 Å². The van der Waals surface area contributed by atoms with Crippen molar-refractivity contribution < 1.29 is 14.3 Å². The second-order valence-electron chi connectivity index (χ2n) is 13.5. The van der Waals surface area contributed by atoms with Crippen LogP contribution < -0.4 is 10.6 Å². The van der Waals surface area contributed by atoms with Gasteiger partial charge < -0.3 is 30.4 Å². The number of piperazine rings is 1. The highest BCUT2D eigenvalue weighted by molar-refractivity contribution is 6.35. The Hall–Kier alpha value is -2.92. The van der Waals surface area contributed by atoms with Crippen LogP contribution in [0.4, 0.5) is 11.5 Å². The van der Waals surface area contributed by atoms with Crippen LogP contribution >= 0.6 is 11.6 Å². The zero-order chi connectivity index (χ0) is 31.4. The number of nitrogens with two attached hydrogens (primary N) is 1. The van der Waals surface area contributed by atoms with Crippen LogP contribution in [0.3, 0.4) is 0 Å². The van der Waals surface area contributed by atoms with E-state index in [0.717, 1.165) is 86.7 Å². The number of aromatic nitrogens is 2. The summed E-state index contributed by atoms with van der Waals surface area (Å²) in [6.07, 6.45) is 5.68. The summed E-state index contributed by atoms with van der Waals surface area (Å²) in [5.41, 5.74) is 11.3. The van der Waals surface area contributed by atoms with Gasteiger partial charge in [0.2, 0.25) is 5.91 Å². The Labute approximate surface area is 265 Å². The number of hydrogen-bond acceptors (Lipinski definition) is 8. The molecule has 2 atom stereocenters. The fourth-order valence-electron chi connectivity index (χ4n) is 7.90. The number of amides is 1. The van der Waals surface area contributed by atoms with Crippen LogP contribution in [0.2, 0.25) is 5.02 Å². The third-order valence-electron chi connectivity index (χ3n) is 10.5. The van der Waals surface area contributed by atoms with Gasteiger partial charge in [0, 0.05) is 79.0 Å². The number of benzene rings is 1. The number of nitrogens with one attached hydrogen (secondary N) is 1. The Balaban J connectivity index is 1.37. The number of rotatable bonds is 8. The highest BCUT2D eigenvalue weighted by atomic mass is 35.5. The van der Waals surface area contributed by atoms with Crippen molar-refractivity contribution in [2.45, 2.75) is 64.6 Å². The quantitative estimate of drug-likeness (QED) is 0.254. The third-order valence-corrected chi connectivity index (χ3v) is 11.0. The molecule has 44 heavy (non-hydrogen) atoms. The summed E-state index contributed by atoms with van der Waals surface area (Å²) < 4.78 is 13.8. The summed E-state index contributed by atoms with van der Waals surface area (Å²) >= 11 is 7.08. The molecule has 1 aliphatic carbocycles. The number of likely N-dealkylation sites (tertiary alicyclic amines) is 1. The molecule has 4 aliphatic rings. The molecule has 1 spiro atoms. The minimum Gasteiger partial charge on any atom is -0.398 e. The zero-order valence-corrected chi connectivity index (χ0v) is 27.3. The normalized spacial score (nSPS) is 25.5. The molecule has 0 bridgehead atoms. The molecule has 1 saturated carbocycles. The fraction of sp³-hybridized carbons (Fsp3) is 0.606. The lowest BCUT2D eigenvalue weighted by atomic mass is 9.60. The van der Waals surface area contributed by atoms with Crippen LogP contribution in [0.5, 0.6) is 0 Å². The van der Waals surface area contributed by atoms with Crippen LogP contribution in [0, 0.1) is 24.7 Å². The standard InChI is InChI=1S/C33H46ClN7O3/c1-6-27(42)39-19-33(20-39)13-23(14-33)41-22(4)28(29-25(15-35)26(36)12-21(3)30(29)34)31(37-41)40-9-8-38(18-32(40,5)7-2)16-24-17-43-10-11-44-24/h6,12,15,23-24,35H,1,7-11,13-14,16-20,36H2,2-5H3/t24?,32-/m0/s1. The number of hydrogen-bond donors (Lipinski definition) is 2. The van der Waals surface area contributed by atoms with Gasteiger partial charge in [-0.25, -0.2) is 0 Å². The zero-order valence-electron chi connectivity index (χ0n) is 26.5. The molecule has 0 radical (unpaired) electrons. The Kier molecular flexibility index (Phi) is 8.32. The predicted molar refractivity (Wildman–Crippen MR) is 175 cm³/mol. The third kappa shape index (κ3) is 5.23. The van der Waals surface area contributed by atoms with E-state index >= 15 is 0 Å². The van der Waals surface area contributed by atoms with Crippen molar-refractivity contribution in [3.05, 3.63) is 40.6 Å². The average molecular weight is 624 g/mol. The minimum absolute atomic E-state index is 0.00494. The Morgan fingerprint density at radius 3 is 2.61 bits per heavy atom. The molecule has 3 aliphatic heterocycles. The molecule has 3 N–H and O–H groups in total. The Morgan fingerprint density at radius 2 is 1.98 bits per heavy atom. The lowest BCUT2D eigenvalue weighted by Crippen LogP contribution is -2.63. The summed E-state index contributed by atoms with van der Waals surface area (Å²) in [6, 6.07) is 2.07. The maximum Gasteiger partial charge on any atom is 0.245 e. The van der Waals surface area contributed by atoms with Crippen molar-refractivity contribution in [2.24, 2.45) is 5.41 Å². The fourth-order valence-corrected chi connectivity index (χ4v) is 8.15. The van der Waals surface area contributed by atoms with Gasteiger partial charge in [-0.1, -0.05) is 25.1 Å². The van der Waals surface area contributed by atoms with Crippen molar-refractivity contribution in [2.75, 3.05) is 69.7 Å². The van der Waals surface area contributed by atoms with Gasteiger partial charge in [0.1, 0.15) is 0 Å². The molecule has 1 aromatic heterocycles. The SMILES string of the molecule is C=CC(=O)N1CC2(CC(n3nc(N4CCN(CC5COCCO5)C[C@]4(C)CC)c(-c4c(Cl)c(C)cc(N)c4C=N)c3C)C2)C1. The van der Waals surface area contributed by atoms with E-state index in [-0.39, 0.29) is 29.0 Å². The Morgan fingerprint density at radius 1 is 1.23 bits per heavy atom. The first-order valence-electron chi connectivity index (χ1n) is 15.8. The van der Waals surface area contributed by atoms with Gasteiger partial charge in [-0.15, -0.1) is 0 Å². The summed E-state index contributed by atoms with van der Waals surface area (Å²) in [5.74, 6) is 0.905. The van der Waals surface area contributed by atoms with Crippen LogP contribution in [0.15, 0.2) is 18.7 Å². The summed E-state index contributed by atoms with van der Waals surface area (Å²) in [4.78, 5) is 18.9. The monoisotopic (exact) mass is 623 g/mol. The molecule has 2 aromatic rings. The molecular weight excluding hydrogens is 578 g/mol. The van der Waals surface area contributed by atoms with E-state index < -0.39 is 0 Å². The molecule has 1 unspecified atom stereocenters. The smallest absolute Gasteiger partial charge is 0.245 e. The van der Waals surface area contributed by atoms with Crippen molar-refractivity contribution in [1.82, 2.24) is 19.6 Å². The number of carbonyl (C=O) groups excluding carboxylic acids is 1. The van der Waals surface area contributed by atoms with E-state index in [4.69, 9.17) is 37.3 Å². The molecular formula is C33H46ClN7O3. The van der Waals surface area contributed by atoms with Crippen LogP contribution in [0.1, 0.15) is 56.0 Å². The molecule has 3 saturated heterocycles. The maximum absolute atomic E-state index is 12.1. The van der Waals surface area contributed by atoms with Gasteiger partial charge in [-0.05, 0) is 57.7 Å². The van der Waals surface area contributed by atoms with Crippen molar-refractivity contribution >= 4 is 35.2 Å². The van der Waals surface area contributed by atoms with E-state index in [2.05, 4.69) is 41.8 Å². The lowest BCUT2D eigenvalue weighted by molar-refractivity contribution is -0.149. The molecule has 238 valence electrons. The number of ether oxygens (including phenoxy) is 2. The highest BCUT2D eigenvalue weighted by Gasteiger charge is 2.55. The first kappa shape index (κ1) is 31.1. The van der Waals surface area contributed by atoms with Gasteiger partial charge in [0.25, 0.3) is 0 Å². The van der Waals surface area contributed by atoms with Crippen LogP contribution in [-0.2, 0) is 14.3 Å². The minimum atomic E-state index is -0.193. The van der Waals surface area contributed by atoms with Gasteiger partial charge in [0.15, 0.2) is 5.82 Å². The number of halogens is 1. The molecule has 4 fully saturated rings. The number of anilines is 2. The number of nitrogen functional groups attached to an aromatic ring is 1. The first-order chi connectivity index (χ1) is 21.0. The molecule has 6 rings (SSSR count).